The minimum absolute atomic E-state index is 0.0393. The maximum absolute atomic E-state index is 12.9. The van der Waals surface area contributed by atoms with Gasteiger partial charge in [-0.1, -0.05) is 11.6 Å². The molecule has 8 nitrogen and oxygen atoms in total. The summed E-state index contributed by atoms with van der Waals surface area (Å²) in [6.45, 7) is 0.270. The van der Waals surface area contributed by atoms with E-state index in [1.807, 2.05) is 0 Å². The normalized spacial score (nSPS) is 13.5. The average Bonchev–Trinajstić information content (AvgIpc) is 3.41. The molecule has 2 heterocycles. The van der Waals surface area contributed by atoms with Gasteiger partial charge in [0.05, 0.1) is 25.6 Å². The van der Waals surface area contributed by atoms with E-state index >= 15 is 0 Å². The lowest BCUT2D eigenvalue weighted by Crippen LogP contribution is -2.32. The molecule has 0 atom stereocenters. The van der Waals surface area contributed by atoms with Crippen LogP contribution in [0.5, 0.6) is 5.75 Å². The van der Waals surface area contributed by atoms with Gasteiger partial charge in [-0.3, -0.25) is 14.4 Å². The lowest BCUT2D eigenvalue weighted by atomic mass is 10.2. The SMILES string of the molecule is COc1ccc(N2C(=O)C(Cl)=C(Nc3ccc(C(=O)NCc4ccco4)cc3)C2=O)cc1. The van der Waals surface area contributed by atoms with Crippen LogP contribution in [0.25, 0.3) is 0 Å². The van der Waals surface area contributed by atoms with Crippen LogP contribution in [-0.2, 0) is 16.1 Å². The quantitative estimate of drug-likeness (QED) is 0.532. The first-order valence-electron chi connectivity index (χ1n) is 9.58. The molecule has 0 fully saturated rings. The first-order chi connectivity index (χ1) is 15.5. The van der Waals surface area contributed by atoms with Crippen molar-refractivity contribution in [3.63, 3.8) is 0 Å². The highest BCUT2D eigenvalue weighted by Gasteiger charge is 2.38. The van der Waals surface area contributed by atoms with E-state index < -0.39 is 11.8 Å². The zero-order valence-corrected chi connectivity index (χ0v) is 17.7. The molecule has 1 aliphatic heterocycles. The van der Waals surface area contributed by atoms with Crippen LogP contribution in [0.4, 0.5) is 11.4 Å². The number of methoxy groups -OCH3 is 1. The second-order valence-electron chi connectivity index (χ2n) is 6.80. The van der Waals surface area contributed by atoms with E-state index in [9.17, 15) is 14.4 Å². The van der Waals surface area contributed by atoms with Crippen LogP contribution >= 0.6 is 11.6 Å². The van der Waals surface area contributed by atoms with Gasteiger partial charge in [0, 0.05) is 11.3 Å². The van der Waals surface area contributed by atoms with Gasteiger partial charge in [0.2, 0.25) is 0 Å². The van der Waals surface area contributed by atoms with Crippen molar-refractivity contribution < 1.29 is 23.5 Å². The van der Waals surface area contributed by atoms with Crippen LogP contribution < -0.4 is 20.3 Å². The number of nitrogens with one attached hydrogen (secondary N) is 2. The van der Waals surface area contributed by atoms with Crippen molar-refractivity contribution >= 4 is 40.7 Å². The summed E-state index contributed by atoms with van der Waals surface area (Å²) < 4.78 is 10.3. The summed E-state index contributed by atoms with van der Waals surface area (Å²) in [5.41, 5.74) is 1.26. The molecule has 3 amide bonds. The third-order valence-electron chi connectivity index (χ3n) is 4.78. The fourth-order valence-electron chi connectivity index (χ4n) is 3.11. The van der Waals surface area contributed by atoms with Crippen LogP contribution in [0, 0.1) is 0 Å². The Balaban J connectivity index is 1.44. The first-order valence-corrected chi connectivity index (χ1v) is 9.96. The molecule has 2 aromatic carbocycles. The lowest BCUT2D eigenvalue weighted by molar-refractivity contribution is -0.120. The summed E-state index contributed by atoms with van der Waals surface area (Å²) >= 11 is 6.16. The molecule has 162 valence electrons. The highest BCUT2D eigenvalue weighted by Crippen LogP contribution is 2.31. The van der Waals surface area contributed by atoms with Crippen molar-refractivity contribution in [3.05, 3.63) is 89.0 Å². The van der Waals surface area contributed by atoms with E-state index in [1.165, 1.54) is 13.4 Å². The van der Waals surface area contributed by atoms with Crippen molar-refractivity contribution in [1.82, 2.24) is 5.32 Å². The minimum atomic E-state index is -0.627. The third-order valence-corrected chi connectivity index (χ3v) is 5.13. The number of hydrogen-bond donors (Lipinski definition) is 2. The highest BCUT2D eigenvalue weighted by atomic mass is 35.5. The minimum Gasteiger partial charge on any atom is -0.497 e. The Hall–Kier alpha value is -4.04. The molecule has 3 aromatic rings. The van der Waals surface area contributed by atoms with Crippen LogP contribution in [0.3, 0.4) is 0 Å². The molecule has 0 saturated heterocycles. The Morgan fingerprint density at radius 1 is 1.03 bits per heavy atom. The maximum Gasteiger partial charge on any atom is 0.283 e. The second kappa shape index (κ2) is 8.99. The number of amides is 3. The molecule has 0 bridgehead atoms. The second-order valence-corrected chi connectivity index (χ2v) is 7.18. The molecule has 2 N–H and O–H groups in total. The molecular formula is C23H18ClN3O5. The van der Waals surface area contributed by atoms with Gasteiger partial charge in [-0.05, 0) is 60.7 Å². The van der Waals surface area contributed by atoms with Crippen molar-refractivity contribution in [1.29, 1.82) is 0 Å². The van der Waals surface area contributed by atoms with Gasteiger partial charge in [0.1, 0.15) is 22.2 Å². The summed E-state index contributed by atoms with van der Waals surface area (Å²) in [7, 11) is 1.52. The van der Waals surface area contributed by atoms with E-state index in [4.69, 9.17) is 20.8 Å². The Kier molecular flexibility index (Phi) is 5.96. The van der Waals surface area contributed by atoms with Crippen LogP contribution in [-0.4, -0.2) is 24.8 Å². The van der Waals surface area contributed by atoms with Gasteiger partial charge < -0.3 is 19.8 Å². The first kappa shape index (κ1) is 21.2. The number of nitrogens with zero attached hydrogens (tertiary/aromatic N) is 1. The van der Waals surface area contributed by atoms with E-state index in [1.54, 1.807) is 60.7 Å². The number of halogens is 1. The zero-order valence-electron chi connectivity index (χ0n) is 16.9. The van der Waals surface area contributed by atoms with Gasteiger partial charge in [-0.2, -0.15) is 0 Å². The Bertz CT molecular complexity index is 1190. The maximum atomic E-state index is 12.9. The van der Waals surface area contributed by atoms with E-state index in [-0.39, 0.29) is 23.2 Å². The van der Waals surface area contributed by atoms with Crippen LogP contribution in [0.1, 0.15) is 16.1 Å². The number of benzene rings is 2. The molecule has 0 saturated carbocycles. The number of carbonyl (C=O) groups is 3. The number of carbonyl (C=O) groups excluding carboxylic acids is 3. The van der Waals surface area contributed by atoms with Gasteiger partial charge >= 0.3 is 0 Å². The van der Waals surface area contributed by atoms with Crippen molar-refractivity contribution in [3.8, 4) is 5.75 Å². The topological polar surface area (TPSA) is 101 Å². The lowest BCUT2D eigenvalue weighted by Gasteiger charge is -2.15. The molecule has 0 aliphatic carbocycles. The van der Waals surface area contributed by atoms with Crippen molar-refractivity contribution in [2.45, 2.75) is 6.54 Å². The molecule has 0 unspecified atom stereocenters. The predicted octanol–water partition coefficient (Wildman–Crippen LogP) is 3.65. The molecule has 0 radical (unpaired) electrons. The molecule has 9 heteroatoms. The smallest absolute Gasteiger partial charge is 0.283 e. The van der Waals surface area contributed by atoms with Crippen molar-refractivity contribution in [2.24, 2.45) is 0 Å². The van der Waals surface area contributed by atoms with Gasteiger partial charge in [-0.25, -0.2) is 4.90 Å². The standard InChI is InChI=1S/C23H18ClN3O5/c1-31-17-10-8-16(9-11-17)27-22(29)19(24)20(23(27)30)26-15-6-4-14(5-7-15)21(28)25-13-18-3-2-12-32-18/h2-12,26H,13H2,1H3,(H,25,28). The summed E-state index contributed by atoms with van der Waals surface area (Å²) in [5.74, 6) is -0.241. The number of furan rings is 1. The largest absolute Gasteiger partial charge is 0.497 e. The van der Waals surface area contributed by atoms with E-state index in [0.29, 0.717) is 28.4 Å². The number of hydrogen-bond acceptors (Lipinski definition) is 6. The van der Waals surface area contributed by atoms with Crippen LogP contribution in [0.15, 0.2) is 82.1 Å². The van der Waals surface area contributed by atoms with Crippen LogP contribution in [0.2, 0.25) is 0 Å². The molecule has 4 rings (SSSR count). The van der Waals surface area contributed by atoms with E-state index in [0.717, 1.165) is 4.90 Å². The Morgan fingerprint density at radius 2 is 1.75 bits per heavy atom. The molecule has 0 spiro atoms. The Labute approximate surface area is 188 Å². The molecule has 1 aromatic heterocycles. The number of ether oxygens (including phenoxy) is 1. The molecule has 32 heavy (non-hydrogen) atoms. The number of rotatable bonds is 7. The summed E-state index contributed by atoms with van der Waals surface area (Å²) in [5, 5.41) is 5.41. The zero-order chi connectivity index (χ0) is 22.7. The highest BCUT2D eigenvalue weighted by molar-refractivity contribution is 6.53. The molecule has 1 aliphatic rings. The van der Waals surface area contributed by atoms with Gasteiger partial charge in [-0.15, -0.1) is 0 Å². The Morgan fingerprint density at radius 3 is 2.38 bits per heavy atom. The average molecular weight is 452 g/mol. The predicted molar refractivity (Wildman–Crippen MR) is 118 cm³/mol. The molecular weight excluding hydrogens is 434 g/mol. The third kappa shape index (κ3) is 4.21. The fraction of sp³-hybridized carbons (Fsp3) is 0.0870. The fourth-order valence-corrected chi connectivity index (χ4v) is 3.32. The summed E-state index contributed by atoms with van der Waals surface area (Å²) in [6, 6.07) is 16.4. The number of imide groups is 1. The summed E-state index contributed by atoms with van der Waals surface area (Å²) in [4.78, 5) is 38.7. The number of anilines is 2. The van der Waals surface area contributed by atoms with Crippen molar-refractivity contribution in [2.75, 3.05) is 17.3 Å². The van der Waals surface area contributed by atoms with E-state index in [2.05, 4.69) is 10.6 Å². The van der Waals surface area contributed by atoms with Gasteiger partial charge in [0.15, 0.2) is 0 Å². The monoisotopic (exact) mass is 451 g/mol. The van der Waals surface area contributed by atoms with Gasteiger partial charge in [0.25, 0.3) is 17.7 Å². The summed E-state index contributed by atoms with van der Waals surface area (Å²) in [6.07, 6.45) is 1.53.